The maximum Gasteiger partial charge on any atom is 0.252 e. The zero-order chi connectivity index (χ0) is 14.6. The Kier molecular flexibility index (Phi) is 4.77. The Balaban J connectivity index is 1.69. The van der Waals surface area contributed by atoms with Gasteiger partial charge in [-0.2, -0.15) is 11.3 Å². The van der Waals surface area contributed by atoms with Crippen LogP contribution in [0.3, 0.4) is 0 Å². The molecule has 5 nitrogen and oxygen atoms in total. The molecule has 20 heavy (non-hydrogen) atoms. The Hall–Kier alpha value is -1.40. The van der Waals surface area contributed by atoms with Crippen molar-refractivity contribution in [1.29, 1.82) is 0 Å². The quantitative estimate of drug-likeness (QED) is 0.878. The molecular weight excluding hydrogens is 276 g/mol. The second-order valence-corrected chi connectivity index (χ2v) is 6.18. The minimum Gasteiger partial charge on any atom is -0.390 e. The molecule has 0 aliphatic carbocycles. The molecular formula is C14H20N2O3S. The first-order chi connectivity index (χ1) is 9.48. The van der Waals surface area contributed by atoms with Gasteiger partial charge in [0.15, 0.2) is 0 Å². The molecule has 1 aliphatic heterocycles. The summed E-state index contributed by atoms with van der Waals surface area (Å²) in [5.74, 6) is -0.105. The van der Waals surface area contributed by atoms with Gasteiger partial charge < -0.3 is 15.3 Å². The number of aliphatic hydroxyl groups is 1. The lowest BCUT2D eigenvalue weighted by atomic mass is 9.94. The van der Waals surface area contributed by atoms with E-state index in [9.17, 15) is 14.7 Å². The third-order valence-electron chi connectivity index (χ3n) is 3.60. The molecule has 6 heteroatoms. The van der Waals surface area contributed by atoms with Crippen LogP contribution in [0.15, 0.2) is 16.8 Å². The summed E-state index contributed by atoms with van der Waals surface area (Å²) in [6.45, 7) is 3.32. The molecule has 2 rings (SSSR count). The molecule has 0 radical (unpaired) electrons. The molecule has 0 atom stereocenters. The van der Waals surface area contributed by atoms with Crippen molar-refractivity contribution in [2.75, 3.05) is 19.6 Å². The van der Waals surface area contributed by atoms with Crippen molar-refractivity contribution in [2.45, 2.75) is 31.8 Å². The first kappa shape index (κ1) is 15.0. The van der Waals surface area contributed by atoms with Crippen molar-refractivity contribution >= 4 is 23.2 Å². The maximum absolute atomic E-state index is 12.0. The van der Waals surface area contributed by atoms with Crippen molar-refractivity contribution in [2.24, 2.45) is 0 Å². The lowest BCUT2D eigenvalue weighted by molar-refractivity contribution is -0.134. The fourth-order valence-corrected chi connectivity index (χ4v) is 2.81. The molecule has 110 valence electrons. The van der Waals surface area contributed by atoms with Gasteiger partial charge in [-0.3, -0.25) is 9.59 Å². The summed E-state index contributed by atoms with van der Waals surface area (Å²) in [4.78, 5) is 25.4. The zero-order valence-corrected chi connectivity index (χ0v) is 12.4. The Bertz CT molecular complexity index is 461. The summed E-state index contributed by atoms with van der Waals surface area (Å²) in [6, 6.07) is 1.76. The van der Waals surface area contributed by atoms with Gasteiger partial charge in [-0.25, -0.2) is 0 Å². The van der Waals surface area contributed by atoms with Gasteiger partial charge in [-0.1, -0.05) is 0 Å². The summed E-state index contributed by atoms with van der Waals surface area (Å²) < 4.78 is 0. The molecule has 0 unspecified atom stereocenters. The molecule has 0 aromatic carbocycles. The monoisotopic (exact) mass is 296 g/mol. The highest BCUT2D eigenvalue weighted by Crippen LogP contribution is 2.21. The van der Waals surface area contributed by atoms with Crippen molar-refractivity contribution < 1.29 is 14.7 Å². The molecule has 1 aromatic heterocycles. The molecule has 0 spiro atoms. The average Bonchev–Trinajstić information content (AvgIpc) is 2.92. The van der Waals surface area contributed by atoms with Gasteiger partial charge in [-0.15, -0.1) is 0 Å². The number of hydrogen-bond donors (Lipinski definition) is 2. The van der Waals surface area contributed by atoms with Crippen molar-refractivity contribution in [1.82, 2.24) is 10.2 Å². The number of thiophene rings is 1. The van der Waals surface area contributed by atoms with Crippen LogP contribution in [0.4, 0.5) is 0 Å². The minimum absolute atomic E-state index is 0.0334. The van der Waals surface area contributed by atoms with Crippen LogP contribution in [-0.2, 0) is 4.79 Å². The van der Waals surface area contributed by atoms with Gasteiger partial charge in [0.2, 0.25) is 5.91 Å². The zero-order valence-electron chi connectivity index (χ0n) is 11.6. The van der Waals surface area contributed by atoms with E-state index >= 15 is 0 Å². The second-order valence-electron chi connectivity index (χ2n) is 5.40. The van der Waals surface area contributed by atoms with Crippen molar-refractivity contribution in [3.8, 4) is 0 Å². The number of carbonyl (C=O) groups excluding carboxylic acids is 2. The van der Waals surface area contributed by atoms with E-state index in [-0.39, 0.29) is 11.8 Å². The highest BCUT2D eigenvalue weighted by molar-refractivity contribution is 7.08. The van der Waals surface area contributed by atoms with E-state index in [4.69, 9.17) is 0 Å². The number of nitrogens with one attached hydrogen (secondary N) is 1. The Morgan fingerprint density at radius 1 is 1.45 bits per heavy atom. The van der Waals surface area contributed by atoms with Crippen LogP contribution in [0, 0.1) is 0 Å². The number of nitrogens with zero attached hydrogens (tertiary/aromatic N) is 1. The predicted molar refractivity (Wildman–Crippen MR) is 77.7 cm³/mol. The van der Waals surface area contributed by atoms with Crippen LogP contribution in [0.25, 0.3) is 0 Å². The fraction of sp³-hybridized carbons (Fsp3) is 0.571. The second kappa shape index (κ2) is 6.37. The molecule has 2 N–H and O–H groups in total. The van der Waals surface area contributed by atoms with E-state index in [2.05, 4.69) is 5.32 Å². The third kappa shape index (κ3) is 4.05. The van der Waals surface area contributed by atoms with Crippen molar-refractivity contribution in [3.05, 3.63) is 22.4 Å². The average molecular weight is 296 g/mol. The van der Waals surface area contributed by atoms with Crippen LogP contribution in [-0.4, -0.2) is 47.1 Å². The summed E-state index contributed by atoms with van der Waals surface area (Å²) >= 11 is 1.47. The summed E-state index contributed by atoms with van der Waals surface area (Å²) in [6.07, 6.45) is 1.53. The van der Waals surface area contributed by atoms with Gasteiger partial charge >= 0.3 is 0 Å². The van der Waals surface area contributed by atoms with E-state index in [1.807, 2.05) is 5.38 Å². The minimum atomic E-state index is -0.649. The SMILES string of the molecule is CC1(O)CCN(C(=O)CCNC(=O)c2ccsc2)CC1. The lowest BCUT2D eigenvalue weighted by Gasteiger charge is -2.35. The molecule has 0 saturated carbocycles. The first-order valence-electron chi connectivity index (χ1n) is 6.78. The van der Waals surface area contributed by atoms with E-state index in [1.165, 1.54) is 11.3 Å². The van der Waals surface area contributed by atoms with Gasteiger partial charge in [-0.05, 0) is 31.2 Å². The molecule has 2 heterocycles. The number of piperidine rings is 1. The fourth-order valence-electron chi connectivity index (χ4n) is 2.17. The van der Waals surface area contributed by atoms with Gasteiger partial charge in [0, 0.05) is 37.0 Å². The van der Waals surface area contributed by atoms with Crippen LogP contribution in [0.1, 0.15) is 36.5 Å². The van der Waals surface area contributed by atoms with Crippen LogP contribution in [0.5, 0.6) is 0 Å². The van der Waals surface area contributed by atoms with E-state index in [1.54, 1.807) is 23.3 Å². The Morgan fingerprint density at radius 2 is 2.15 bits per heavy atom. The van der Waals surface area contributed by atoms with Crippen LogP contribution in [0.2, 0.25) is 0 Å². The van der Waals surface area contributed by atoms with Crippen LogP contribution < -0.4 is 5.32 Å². The molecule has 2 amide bonds. The summed E-state index contributed by atoms with van der Waals surface area (Å²) in [5, 5.41) is 16.2. The largest absolute Gasteiger partial charge is 0.390 e. The maximum atomic E-state index is 12.0. The number of likely N-dealkylation sites (tertiary alicyclic amines) is 1. The molecule has 1 aliphatic rings. The molecule has 1 aromatic rings. The number of rotatable bonds is 4. The van der Waals surface area contributed by atoms with E-state index < -0.39 is 5.60 Å². The molecule has 0 bridgehead atoms. The predicted octanol–water partition coefficient (Wildman–Crippen LogP) is 1.24. The van der Waals surface area contributed by atoms with Crippen molar-refractivity contribution in [3.63, 3.8) is 0 Å². The Morgan fingerprint density at radius 3 is 2.75 bits per heavy atom. The van der Waals surface area contributed by atoms with Gasteiger partial charge in [0.05, 0.1) is 5.60 Å². The van der Waals surface area contributed by atoms with E-state index in [0.29, 0.717) is 44.5 Å². The number of amides is 2. The number of carbonyl (C=O) groups is 2. The van der Waals surface area contributed by atoms with Crippen LogP contribution >= 0.6 is 11.3 Å². The van der Waals surface area contributed by atoms with E-state index in [0.717, 1.165) is 0 Å². The number of hydrogen-bond acceptors (Lipinski definition) is 4. The normalized spacial score (nSPS) is 17.8. The smallest absolute Gasteiger partial charge is 0.252 e. The summed E-state index contributed by atoms with van der Waals surface area (Å²) in [7, 11) is 0. The Labute approximate surface area is 122 Å². The standard InChI is InChI=1S/C14H20N2O3S/c1-14(19)4-7-16(8-5-14)12(17)2-6-15-13(18)11-3-9-20-10-11/h3,9-10,19H,2,4-8H2,1H3,(H,15,18). The summed E-state index contributed by atoms with van der Waals surface area (Å²) in [5.41, 5.74) is -0.0132. The third-order valence-corrected chi connectivity index (χ3v) is 4.28. The van der Waals surface area contributed by atoms with Gasteiger partial charge in [0.25, 0.3) is 5.91 Å². The first-order valence-corrected chi connectivity index (χ1v) is 7.73. The van der Waals surface area contributed by atoms with Gasteiger partial charge in [0.1, 0.15) is 0 Å². The highest BCUT2D eigenvalue weighted by atomic mass is 32.1. The molecule has 1 saturated heterocycles. The lowest BCUT2D eigenvalue weighted by Crippen LogP contribution is -2.45. The molecule has 1 fully saturated rings. The topological polar surface area (TPSA) is 69.6 Å². The highest BCUT2D eigenvalue weighted by Gasteiger charge is 2.29.